The zero-order valence-electron chi connectivity index (χ0n) is 26.1. The first kappa shape index (κ1) is 34.1. The van der Waals surface area contributed by atoms with Gasteiger partial charge in [0.2, 0.25) is 0 Å². The summed E-state index contributed by atoms with van der Waals surface area (Å²) in [5.74, 6) is -0.986. The van der Waals surface area contributed by atoms with Gasteiger partial charge in [0, 0.05) is 11.1 Å². The molecule has 0 fully saturated rings. The van der Waals surface area contributed by atoms with Crippen molar-refractivity contribution in [1.29, 1.82) is 0 Å². The minimum absolute atomic E-state index is 0.0956. The van der Waals surface area contributed by atoms with Gasteiger partial charge in [0.1, 0.15) is 9.79 Å². The van der Waals surface area contributed by atoms with Gasteiger partial charge in [0.05, 0.1) is 34.2 Å². The number of hydrazone groups is 2. The summed E-state index contributed by atoms with van der Waals surface area (Å²) in [5.41, 5.74) is 0.888. The van der Waals surface area contributed by atoms with Gasteiger partial charge in [-0.15, -0.1) is 0 Å². The highest BCUT2D eigenvalue weighted by molar-refractivity contribution is 7.86. The van der Waals surface area contributed by atoms with E-state index >= 15 is 0 Å². The Bertz CT molecular complexity index is 2200. The fourth-order valence-corrected chi connectivity index (χ4v) is 6.60. The lowest BCUT2D eigenvalue weighted by molar-refractivity contribution is -0.118. The van der Waals surface area contributed by atoms with Crippen molar-refractivity contribution in [2.75, 3.05) is 10.0 Å². The van der Waals surface area contributed by atoms with Crippen LogP contribution in [-0.4, -0.2) is 61.3 Å². The molecule has 0 radical (unpaired) electrons. The Balaban J connectivity index is 1.30. The molecule has 0 aromatic heterocycles. The lowest BCUT2D eigenvalue weighted by Gasteiger charge is -2.13. The van der Waals surface area contributed by atoms with Crippen molar-refractivity contribution in [3.63, 3.8) is 0 Å². The molecule has 0 spiro atoms. The van der Waals surface area contributed by atoms with Crippen molar-refractivity contribution >= 4 is 66.2 Å². The number of para-hydroxylation sites is 2. The predicted octanol–water partition coefficient (Wildman–Crippen LogP) is 5.60. The van der Waals surface area contributed by atoms with Gasteiger partial charge in [-0.2, -0.15) is 57.5 Å². The van der Waals surface area contributed by atoms with Crippen LogP contribution >= 0.6 is 0 Å². The predicted molar refractivity (Wildman–Crippen MR) is 182 cm³/mol. The van der Waals surface area contributed by atoms with Crippen molar-refractivity contribution in [2.24, 2.45) is 30.7 Å². The maximum atomic E-state index is 13.0. The SMILES string of the molecule is CC1=NN(c2ccccc2)C(=O)[C@H]1N=Nc1ccc(-c2ccc(N=N[C@H]3C(=O)N(c4ccccc4)N=C3C)cc2S(=O)(=O)O)c(S(=O)(=O)O)c1. The highest BCUT2D eigenvalue weighted by Crippen LogP contribution is 2.37. The van der Waals surface area contributed by atoms with Gasteiger partial charge in [0.15, 0.2) is 12.1 Å². The molecule has 0 unspecified atom stereocenters. The minimum atomic E-state index is -5.02. The summed E-state index contributed by atoms with van der Waals surface area (Å²) in [4.78, 5) is 24.5. The van der Waals surface area contributed by atoms with Gasteiger partial charge in [-0.25, -0.2) is 0 Å². The van der Waals surface area contributed by atoms with E-state index in [0.29, 0.717) is 22.8 Å². The lowest BCUT2D eigenvalue weighted by atomic mass is 10.0. The van der Waals surface area contributed by atoms with E-state index in [-0.39, 0.29) is 22.5 Å². The van der Waals surface area contributed by atoms with E-state index in [0.717, 1.165) is 24.3 Å². The van der Waals surface area contributed by atoms with Crippen LogP contribution in [0.15, 0.2) is 138 Å². The van der Waals surface area contributed by atoms with Gasteiger partial charge < -0.3 is 0 Å². The van der Waals surface area contributed by atoms with Crippen LogP contribution in [0.1, 0.15) is 13.8 Å². The molecule has 2 aliphatic rings. The molecule has 18 heteroatoms. The fraction of sp³-hybridized carbons (Fsp3) is 0.125. The molecule has 16 nitrogen and oxygen atoms in total. The molecule has 4 aromatic rings. The summed E-state index contributed by atoms with van der Waals surface area (Å²) in [6, 6.07) is 21.8. The maximum Gasteiger partial charge on any atom is 0.295 e. The zero-order chi connectivity index (χ0) is 35.8. The summed E-state index contributed by atoms with van der Waals surface area (Å²) in [7, 11) is -10.0. The summed E-state index contributed by atoms with van der Waals surface area (Å²) in [5, 5.41) is 26.9. The van der Waals surface area contributed by atoms with E-state index in [1.165, 1.54) is 22.2 Å². The molecule has 2 heterocycles. The van der Waals surface area contributed by atoms with Gasteiger partial charge in [-0.3, -0.25) is 18.7 Å². The van der Waals surface area contributed by atoms with E-state index in [2.05, 4.69) is 30.7 Å². The highest BCUT2D eigenvalue weighted by atomic mass is 32.2. The number of azo groups is 2. The fourth-order valence-electron chi connectivity index (χ4n) is 5.15. The number of benzene rings is 4. The number of anilines is 2. The normalized spacial score (nSPS) is 18.4. The lowest BCUT2D eigenvalue weighted by Crippen LogP contribution is -2.29. The van der Waals surface area contributed by atoms with Crippen LogP contribution in [0, 0.1) is 0 Å². The second kappa shape index (κ2) is 13.2. The van der Waals surface area contributed by atoms with E-state index < -0.39 is 53.9 Å². The Morgan fingerprint density at radius 1 is 0.580 bits per heavy atom. The summed E-state index contributed by atoms with van der Waals surface area (Å²) < 4.78 is 70.3. The molecule has 0 saturated heterocycles. The van der Waals surface area contributed by atoms with E-state index in [1.807, 2.05) is 0 Å². The van der Waals surface area contributed by atoms with Crippen LogP contribution in [0.2, 0.25) is 0 Å². The van der Waals surface area contributed by atoms with Gasteiger partial charge in [0.25, 0.3) is 32.1 Å². The quantitative estimate of drug-likeness (QED) is 0.164. The van der Waals surface area contributed by atoms with E-state index in [9.17, 15) is 35.5 Å². The first-order chi connectivity index (χ1) is 23.7. The summed E-state index contributed by atoms with van der Waals surface area (Å²) in [6.07, 6.45) is 0. The van der Waals surface area contributed by atoms with Gasteiger partial charge in [-0.1, -0.05) is 48.5 Å². The second-order valence-electron chi connectivity index (χ2n) is 11.0. The highest BCUT2D eigenvalue weighted by Gasteiger charge is 2.36. The molecule has 0 saturated carbocycles. The largest absolute Gasteiger partial charge is 0.295 e. The molecule has 2 amide bonds. The average Bonchev–Trinajstić information content (AvgIpc) is 3.54. The second-order valence-corrected chi connectivity index (χ2v) is 13.8. The number of rotatable bonds is 9. The Morgan fingerprint density at radius 2 is 0.940 bits per heavy atom. The number of hydrogen-bond acceptors (Lipinski definition) is 12. The minimum Gasteiger partial charge on any atom is -0.282 e. The Morgan fingerprint density at radius 3 is 1.28 bits per heavy atom. The third kappa shape index (κ3) is 6.85. The molecule has 254 valence electrons. The molecular formula is C32H26N8O8S2. The van der Waals surface area contributed by atoms with Crippen LogP contribution in [0.4, 0.5) is 22.7 Å². The molecule has 0 bridgehead atoms. The molecular weight excluding hydrogens is 689 g/mol. The molecule has 6 rings (SSSR count). The van der Waals surface area contributed by atoms with Crippen molar-refractivity contribution in [2.45, 2.75) is 35.7 Å². The van der Waals surface area contributed by atoms with Crippen molar-refractivity contribution in [3.8, 4) is 11.1 Å². The van der Waals surface area contributed by atoms with Crippen LogP contribution in [0.3, 0.4) is 0 Å². The Labute approximate surface area is 285 Å². The average molecular weight is 715 g/mol. The van der Waals surface area contributed by atoms with Crippen LogP contribution in [0.25, 0.3) is 11.1 Å². The number of hydrogen-bond donors (Lipinski definition) is 2. The molecule has 2 aliphatic heterocycles. The molecule has 50 heavy (non-hydrogen) atoms. The van der Waals surface area contributed by atoms with E-state index in [1.54, 1.807) is 74.5 Å². The third-order valence-corrected chi connectivity index (χ3v) is 9.33. The zero-order valence-corrected chi connectivity index (χ0v) is 27.8. The number of carbonyl (C=O) groups is 2. The molecule has 4 aromatic carbocycles. The Hall–Kier alpha value is -5.82. The first-order valence-corrected chi connectivity index (χ1v) is 17.5. The number of carbonyl (C=O) groups excluding carboxylic acids is 2. The summed E-state index contributed by atoms with van der Waals surface area (Å²) in [6.45, 7) is 3.16. The molecule has 0 aliphatic carbocycles. The first-order valence-electron chi connectivity index (χ1n) is 14.7. The smallest absolute Gasteiger partial charge is 0.282 e. The maximum absolute atomic E-state index is 13.0. The number of nitrogens with zero attached hydrogens (tertiary/aromatic N) is 8. The van der Waals surface area contributed by atoms with Gasteiger partial charge in [-0.05, 0) is 62.4 Å². The third-order valence-electron chi connectivity index (χ3n) is 7.55. The Kier molecular flexibility index (Phi) is 9.02. The van der Waals surface area contributed by atoms with Crippen LogP contribution in [-0.2, 0) is 29.8 Å². The van der Waals surface area contributed by atoms with E-state index in [4.69, 9.17) is 0 Å². The molecule has 2 atom stereocenters. The molecule has 2 N–H and O–H groups in total. The standard InChI is InChI=1S/C32H26N8O8S2/c1-19-29(31(41)39(37-19)23-9-5-3-6-10-23)35-33-21-13-15-25(27(17-21)49(43,44)45)26-16-14-22(18-28(26)50(46,47)48)34-36-30-20(2)38-40(32(30)42)24-11-7-4-8-12-24/h3-18,29-30H,1-2H3,(H,43,44,45)(H,46,47,48)/t29-,30+. The number of amides is 2. The van der Waals surface area contributed by atoms with Crippen molar-refractivity contribution < 1.29 is 35.5 Å². The monoisotopic (exact) mass is 714 g/mol. The van der Waals surface area contributed by atoms with Crippen LogP contribution < -0.4 is 10.0 Å². The van der Waals surface area contributed by atoms with Gasteiger partial charge >= 0.3 is 0 Å². The van der Waals surface area contributed by atoms with Crippen molar-refractivity contribution in [1.82, 2.24) is 0 Å². The van der Waals surface area contributed by atoms with Crippen molar-refractivity contribution in [3.05, 3.63) is 97.1 Å². The summed E-state index contributed by atoms with van der Waals surface area (Å²) >= 11 is 0. The topological polar surface area (TPSA) is 224 Å². The van der Waals surface area contributed by atoms with Crippen LogP contribution in [0.5, 0.6) is 0 Å².